The third-order valence-corrected chi connectivity index (χ3v) is 5.50. The molecular formula is C12H18F2N2O3S2. The number of thiophene rings is 1. The third kappa shape index (κ3) is 5.59. The van der Waals surface area contributed by atoms with Crippen LogP contribution in [0, 0.1) is 0 Å². The van der Waals surface area contributed by atoms with Crippen molar-refractivity contribution in [2.75, 3.05) is 19.8 Å². The lowest BCUT2D eigenvalue weighted by Gasteiger charge is -2.08. The highest BCUT2D eigenvalue weighted by molar-refractivity contribution is 7.89. The van der Waals surface area contributed by atoms with Crippen LogP contribution >= 0.6 is 11.3 Å². The standard InChI is InChI=1S/C12H18F2N2O3S2/c13-12(14)8-19-5-4-16-21(17,18)11-3-6-20-10(11)7-15-9-1-2-9/h3,6,9,12,15-16H,1-2,4-5,7-8H2. The van der Waals surface area contributed by atoms with E-state index in [1.165, 1.54) is 11.3 Å². The second-order valence-electron chi connectivity index (χ2n) is 4.73. The largest absolute Gasteiger partial charge is 0.374 e. The topological polar surface area (TPSA) is 67.4 Å². The second-order valence-corrected chi connectivity index (χ2v) is 7.46. The summed E-state index contributed by atoms with van der Waals surface area (Å²) in [4.78, 5) is 0.998. The van der Waals surface area contributed by atoms with E-state index in [0.717, 1.165) is 17.7 Å². The Hall–Kier alpha value is -0.610. The zero-order valence-electron chi connectivity index (χ0n) is 11.3. The van der Waals surface area contributed by atoms with Gasteiger partial charge in [0.1, 0.15) is 6.61 Å². The van der Waals surface area contributed by atoms with Crippen LogP contribution in [0.4, 0.5) is 8.78 Å². The van der Waals surface area contributed by atoms with Gasteiger partial charge in [-0.3, -0.25) is 0 Å². The van der Waals surface area contributed by atoms with Gasteiger partial charge in [-0.2, -0.15) is 0 Å². The molecule has 0 bridgehead atoms. The van der Waals surface area contributed by atoms with E-state index in [1.807, 2.05) is 0 Å². The summed E-state index contributed by atoms with van der Waals surface area (Å²) in [6, 6.07) is 2.05. The maximum Gasteiger partial charge on any atom is 0.261 e. The van der Waals surface area contributed by atoms with Gasteiger partial charge >= 0.3 is 0 Å². The summed E-state index contributed by atoms with van der Waals surface area (Å²) >= 11 is 1.38. The maximum atomic E-state index is 12.1. The van der Waals surface area contributed by atoms with Crippen LogP contribution in [0.15, 0.2) is 16.3 Å². The minimum atomic E-state index is -3.62. The molecule has 0 amide bonds. The summed E-state index contributed by atoms with van der Waals surface area (Å²) in [7, 11) is -3.62. The van der Waals surface area contributed by atoms with Gasteiger partial charge in [-0.1, -0.05) is 0 Å². The number of hydrogen-bond acceptors (Lipinski definition) is 5. The molecule has 0 aromatic carbocycles. The smallest absolute Gasteiger partial charge is 0.261 e. The predicted molar refractivity (Wildman–Crippen MR) is 76.2 cm³/mol. The molecule has 1 aromatic rings. The van der Waals surface area contributed by atoms with Gasteiger partial charge < -0.3 is 10.1 Å². The maximum absolute atomic E-state index is 12.1. The van der Waals surface area contributed by atoms with Crippen LogP contribution in [-0.4, -0.2) is 40.6 Å². The molecule has 0 radical (unpaired) electrons. The molecule has 0 atom stereocenters. The Balaban J connectivity index is 1.82. The Kier molecular flexibility index (Phi) is 6.06. The van der Waals surface area contributed by atoms with Crippen LogP contribution in [-0.2, 0) is 21.3 Å². The van der Waals surface area contributed by atoms with Crippen molar-refractivity contribution in [3.05, 3.63) is 16.3 Å². The van der Waals surface area contributed by atoms with Gasteiger partial charge in [0.15, 0.2) is 0 Å². The fourth-order valence-electron chi connectivity index (χ4n) is 1.72. The molecule has 2 N–H and O–H groups in total. The van der Waals surface area contributed by atoms with Crippen molar-refractivity contribution in [1.82, 2.24) is 10.0 Å². The quantitative estimate of drug-likeness (QED) is 0.635. The first-order chi connectivity index (χ1) is 9.99. The van der Waals surface area contributed by atoms with Crippen molar-refractivity contribution in [3.63, 3.8) is 0 Å². The normalized spacial score (nSPS) is 15.8. The molecule has 2 rings (SSSR count). The highest BCUT2D eigenvalue weighted by Crippen LogP contribution is 2.24. The minimum absolute atomic E-state index is 0.0274. The van der Waals surface area contributed by atoms with Gasteiger partial charge in [0.2, 0.25) is 10.0 Å². The van der Waals surface area contributed by atoms with Crippen molar-refractivity contribution in [3.8, 4) is 0 Å². The lowest BCUT2D eigenvalue weighted by Crippen LogP contribution is -2.29. The second kappa shape index (κ2) is 7.59. The summed E-state index contributed by atoms with van der Waals surface area (Å²) in [5, 5.41) is 5.00. The Morgan fingerprint density at radius 2 is 2.19 bits per heavy atom. The van der Waals surface area contributed by atoms with E-state index in [4.69, 9.17) is 0 Å². The number of hydrogen-bond donors (Lipinski definition) is 2. The molecule has 1 aliphatic carbocycles. The van der Waals surface area contributed by atoms with E-state index in [0.29, 0.717) is 12.6 Å². The van der Waals surface area contributed by atoms with Crippen LogP contribution in [0.1, 0.15) is 17.7 Å². The number of rotatable bonds is 10. The lowest BCUT2D eigenvalue weighted by molar-refractivity contribution is 0.0199. The third-order valence-electron chi connectivity index (χ3n) is 2.91. The van der Waals surface area contributed by atoms with Crippen LogP contribution < -0.4 is 10.0 Å². The van der Waals surface area contributed by atoms with E-state index in [-0.39, 0.29) is 18.0 Å². The van der Waals surface area contributed by atoms with Crippen LogP contribution in [0.2, 0.25) is 0 Å². The summed E-state index contributed by atoms with van der Waals surface area (Å²) in [6.45, 7) is -0.263. The Bertz CT molecular complexity index is 544. The van der Waals surface area contributed by atoms with Gasteiger partial charge in [0.05, 0.1) is 11.5 Å². The van der Waals surface area contributed by atoms with Gasteiger partial charge in [-0.05, 0) is 24.3 Å². The Morgan fingerprint density at radius 3 is 2.86 bits per heavy atom. The molecule has 1 saturated carbocycles. The molecule has 120 valence electrons. The molecule has 1 aromatic heterocycles. The first-order valence-electron chi connectivity index (χ1n) is 6.64. The molecule has 21 heavy (non-hydrogen) atoms. The average Bonchev–Trinajstić information content (AvgIpc) is 3.11. The molecule has 9 heteroatoms. The molecule has 5 nitrogen and oxygen atoms in total. The fraction of sp³-hybridized carbons (Fsp3) is 0.667. The van der Waals surface area contributed by atoms with Crippen LogP contribution in [0.25, 0.3) is 0 Å². The van der Waals surface area contributed by atoms with Gasteiger partial charge in [0.25, 0.3) is 6.43 Å². The van der Waals surface area contributed by atoms with Crippen molar-refractivity contribution >= 4 is 21.4 Å². The van der Waals surface area contributed by atoms with Crippen LogP contribution in [0.3, 0.4) is 0 Å². The molecular weight excluding hydrogens is 322 g/mol. The first-order valence-corrected chi connectivity index (χ1v) is 9.00. The number of sulfonamides is 1. The van der Waals surface area contributed by atoms with E-state index < -0.39 is 23.1 Å². The molecule has 1 aliphatic rings. The summed E-state index contributed by atoms with van der Waals surface area (Å²) in [5.41, 5.74) is 0. The molecule has 1 heterocycles. The monoisotopic (exact) mass is 340 g/mol. The van der Waals surface area contributed by atoms with E-state index >= 15 is 0 Å². The lowest BCUT2D eigenvalue weighted by atomic mass is 10.4. The molecule has 0 saturated heterocycles. The predicted octanol–water partition coefficient (Wildman–Crippen LogP) is 1.56. The van der Waals surface area contributed by atoms with Gasteiger partial charge in [-0.25, -0.2) is 21.9 Å². The summed E-state index contributed by atoms with van der Waals surface area (Å²) in [6.07, 6.45) is -0.279. The fourth-order valence-corrected chi connectivity index (χ4v) is 4.13. The Labute approximate surface area is 126 Å². The van der Waals surface area contributed by atoms with Crippen LogP contribution in [0.5, 0.6) is 0 Å². The molecule has 0 aliphatic heterocycles. The molecule has 1 fully saturated rings. The van der Waals surface area contributed by atoms with Gasteiger partial charge in [0, 0.05) is 24.0 Å². The molecule has 0 spiro atoms. The number of ether oxygens (including phenoxy) is 1. The minimum Gasteiger partial charge on any atom is -0.374 e. The van der Waals surface area contributed by atoms with E-state index in [9.17, 15) is 17.2 Å². The van der Waals surface area contributed by atoms with E-state index in [1.54, 1.807) is 11.4 Å². The van der Waals surface area contributed by atoms with Crippen molar-refractivity contribution in [2.45, 2.75) is 36.7 Å². The number of halogens is 2. The summed E-state index contributed by atoms with van der Waals surface area (Å²) in [5.74, 6) is 0. The van der Waals surface area contributed by atoms with Crippen molar-refractivity contribution in [2.24, 2.45) is 0 Å². The number of nitrogens with one attached hydrogen (secondary N) is 2. The van der Waals surface area contributed by atoms with E-state index in [2.05, 4.69) is 14.8 Å². The first kappa shape index (κ1) is 16.8. The zero-order valence-corrected chi connectivity index (χ0v) is 13.0. The highest BCUT2D eigenvalue weighted by Gasteiger charge is 2.23. The van der Waals surface area contributed by atoms with Gasteiger partial charge in [-0.15, -0.1) is 11.3 Å². The van der Waals surface area contributed by atoms with Crippen molar-refractivity contribution in [1.29, 1.82) is 0 Å². The average molecular weight is 340 g/mol. The highest BCUT2D eigenvalue weighted by atomic mass is 32.2. The number of alkyl halides is 2. The van der Waals surface area contributed by atoms with Crippen molar-refractivity contribution < 1.29 is 21.9 Å². The Morgan fingerprint density at radius 1 is 1.43 bits per heavy atom. The molecule has 0 unspecified atom stereocenters. The summed E-state index contributed by atoms with van der Waals surface area (Å²) < 4.78 is 55.0. The SMILES string of the molecule is O=S(=O)(NCCOCC(F)F)c1ccsc1CNC1CC1. The zero-order chi connectivity index (χ0) is 15.3.